The number of hydrogen-bond donors (Lipinski definition) is 2. The van der Waals surface area contributed by atoms with Gasteiger partial charge in [-0.2, -0.15) is 0 Å². The number of carbonyl (C=O) groups is 1. The van der Waals surface area contributed by atoms with Crippen molar-refractivity contribution >= 4 is 5.91 Å². The van der Waals surface area contributed by atoms with E-state index >= 15 is 0 Å². The minimum Gasteiger partial charge on any atom is -0.350 e. The van der Waals surface area contributed by atoms with Gasteiger partial charge in [0.25, 0.3) is 0 Å². The van der Waals surface area contributed by atoms with E-state index in [4.69, 9.17) is 5.73 Å². The minimum atomic E-state index is -0.268. The topological polar surface area (TPSA) is 55.1 Å². The third-order valence-electron chi connectivity index (χ3n) is 4.16. The SMILES string of the molecule is CCCCC1CCC(C(=O)NC(C)(C)CN)CC1. The fourth-order valence-electron chi connectivity index (χ4n) is 2.69. The molecular weight excluding hydrogens is 224 g/mol. The van der Waals surface area contributed by atoms with Crippen molar-refractivity contribution in [2.24, 2.45) is 17.6 Å². The van der Waals surface area contributed by atoms with Crippen LogP contribution in [0.2, 0.25) is 0 Å². The second-order valence-corrected chi connectivity index (χ2v) is 6.44. The third kappa shape index (κ3) is 4.97. The van der Waals surface area contributed by atoms with Crippen molar-refractivity contribution in [3.63, 3.8) is 0 Å². The van der Waals surface area contributed by atoms with E-state index in [0.717, 1.165) is 18.8 Å². The van der Waals surface area contributed by atoms with Crippen molar-refractivity contribution in [2.45, 2.75) is 71.3 Å². The van der Waals surface area contributed by atoms with Crippen LogP contribution in [0.3, 0.4) is 0 Å². The molecule has 0 aromatic heterocycles. The van der Waals surface area contributed by atoms with Crippen molar-refractivity contribution in [3.8, 4) is 0 Å². The second kappa shape index (κ2) is 7.13. The molecule has 0 bridgehead atoms. The highest BCUT2D eigenvalue weighted by Gasteiger charge is 2.28. The van der Waals surface area contributed by atoms with Gasteiger partial charge in [-0.3, -0.25) is 4.79 Å². The lowest BCUT2D eigenvalue weighted by Crippen LogP contribution is -2.51. The summed E-state index contributed by atoms with van der Waals surface area (Å²) in [7, 11) is 0. The summed E-state index contributed by atoms with van der Waals surface area (Å²) in [5, 5.41) is 3.07. The van der Waals surface area contributed by atoms with E-state index in [0.29, 0.717) is 6.54 Å². The fourth-order valence-corrected chi connectivity index (χ4v) is 2.69. The predicted octanol–water partition coefficient (Wildman–Crippen LogP) is 2.84. The number of hydrogen-bond acceptors (Lipinski definition) is 2. The van der Waals surface area contributed by atoms with Crippen LogP contribution in [0, 0.1) is 11.8 Å². The van der Waals surface area contributed by atoms with Gasteiger partial charge in [0.05, 0.1) is 0 Å². The quantitative estimate of drug-likeness (QED) is 0.766. The Labute approximate surface area is 112 Å². The number of nitrogens with two attached hydrogens (primary N) is 1. The summed E-state index contributed by atoms with van der Waals surface area (Å²) in [6.07, 6.45) is 8.52. The molecule has 0 heterocycles. The largest absolute Gasteiger partial charge is 0.350 e. The smallest absolute Gasteiger partial charge is 0.223 e. The molecular formula is C15H30N2O. The van der Waals surface area contributed by atoms with E-state index in [-0.39, 0.29) is 17.4 Å². The van der Waals surface area contributed by atoms with Gasteiger partial charge in [-0.1, -0.05) is 26.2 Å². The summed E-state index contributed by atoms with van der Waals surface area (Å²) in [5.41, 5.74) is 5.38. The van der Waals surface area contributed by atoms with Gasteiger partial charge in [0.1, 0.15) is 0 Å². The highest BCUT2D eigenvalue weighted by Crippen LogP contribution is 2.32. The lowest BCUT2D eigenvalue weighted by Gasteiger charge is -2.31. The van der Waals surface area contributed by atoms with Crippen LogP contribution < -0.4 is 11.1 Å². The highest BCUT2D eigenvalue weighted by molar-refractivity contribution is 5.79. The van der Waals surface area contributed by atoms with Crippen LogP contribution in [0.15, 0.2) is 0 Å². The molecule has 0 saturated heterocycles. The van der Waals surface area contributed by atoms with Gasteiger partial charge in [-0.15, -0.1) is 0 Å². The van der Waals surface area contributed by atoms with Crippen molar-refractivity contribution in [1.29, 1.82) is 0 Å². The van der Waals surface area contributed by atoms with E-state index in [1.807, 2.05) is 13.8 Å². The maximum Gasteiger partial charge on any atom is 0.223 e. The maximum atomic E-state index is 12.1. The standard InChI is InChI=1S/C15H30N2O/c1-4-5-6-12-7-9-13(10-8-12)14(18)17-15(2,3)11-16/h12-13H,4-11,16H2,1-3H3,(H,17,18). The summed E-state index contributed by atoms with van der Waals surface area (Å²) >= 11 is 0. The first-order valence-corrected chi connectivity index (χ1v) is 7.50. The van der Waals surface area contributed by atoms with Crippen LogP contribution >= 0.6 is 0 Å². The zero-order valence-electron chi connectivity index (χ0n) is 12.3. The van der Waals surface area contributed by atoms with Gasteiger partial charge < -0.3 is 11.1 Å². The Kier molecular flexibility index (Phi) is 6.13. The molecule has 3 nitrogen and oxygen atoms in total. The molecule has 0 aliphatic heterocycles. The van der Waals surface area contributed by atoms with Crippen LogP contribution in [0.1, 0.15) is 65.7 Å². The van der Waals surface area contributed by atoms with E-state index in [1.54, 1.807) is 0 Å². The van der Waals surface area contributed by atoms with E-state index in [9.17, 15) is 4.79 Å². The zero-order chi connectivity index (χ0) is 13.6. The molecule has 0 radical (unpaired) electrons. The summed E-state index contributed by atoms with van der Waals surface area (Å²) in [6.45, 7) is 6.70. The van der Waals surface area contributed by atoms with Crippen molar-refractivity contribution in [1.82, 2.24) is 5.32 Å². The number of nitrogens with one attached hydrogen (secondary N) is 1. The van der Waals surface area contributed by atoms with Crippen molar-refractivity contribution in [3.05, 3.63) is 0 Å². The lowest BCUT2D eigenvalue weighted by atomic mass is 9.79. The van der Waals surface area contributed by atoms with Gasteiger partial charge in [0.2, 0.25) is 5.91 Å². The Morgan fingerprint density at radius 2 is 1.89 bits per heavy atom. The normalized spacial score (nSPS) is 24.9. The summed E-state index contributed by atoms with van der Waals surface area (Å²) < 4.78 is 0. The summed E-state index contributed by atoms with van der Waals surface area (Å²) in [4.78, 5) is 12.1. The van der Waals surface area contributed by atoms with Crippen LogP contribution in [-0.4, -0.2) is 18.0 Å². The average molecular weight is 254 g/mol. The fraction of sp³-hybridized carbons (Fsp3) is 0.933. The molecule has 0 atom stereocenters. The van der Waals surface area contributed by atoms with Gasteiger partial charge in [-0.05, 0) is 45.4 Å². The molecule has 1 amide bonds. The number of carbonyl (C=O) groups excluding carboxylic acids is 1. The predicted molar refractivity (Wildman–Crippen MR) is 76.2 cm³/mol. The first-order valence-electron chi connectivity index (χ1n) is 7.50. The Balaban J connectivity index is 2.32. The molecule has 18 heavy (non-hydrogen) atoms. The van der Waals surface area contributed by atoms with Crippen molar-refractivity contribution in [2.75, 3.05) is 6.54 Å². The second-order valence-electron chi connectivity index (χ2n) is 6.44. The zero-order valence-corrected chi connectivity index (χ0v) is 12.3. The number of amides is 1. The Morgan fingerprint density at radius 1 is 1.28 bits per heavy atom. The van der Waals surface area contributed by atoms with Crippen LogP contribution in [0.25, 0.3) is 0 Å². The Bertz CT molecular complexity index is 255. The first kappa shape index (κ1) is 15.5. The van der Waals surface area contributed by atoms with Crippen LogP contribution in [0.5, 0.6) is 0 Å². The molecule has 1 rings (SSSR count). The molecule has 0 spiro atoms. The van der Waals surface area contributed by atoms with E-state index in [2.05, 4.69) is 12.2 Å². The molecule has 0 aromatic carbocycles. The Hall–Kier alpha value is -0.570. The summed E-state index contributed by atoms with van der Waals surface area (Å²) in [5.74, 6) is 1.28. The first-order chi connectivity index (χ1) is 8.48. The van der Waals surface area contributed by atoms with E-state index in [1.165, 1.54) is 32.1 Å². The van der Waals surface area contributed by atoms with Gasteiger partial charge in [0, 0.05) is 18.0 Å². The molecule has 1 aliphatic rings. The summed E-state index contributed by atoms with van der Waals surface area (Å²) in [6, 6.07) is 0. The van der Waals surface area contributed by atoms with Gasteiger partial charge in [-0.25, -0.2) is 0 Å². The lowest BCUT2D eigenvalue weighted by molar-refractivity contribution is -0.127. The molecule has 3 heteroatoms. The van der Waals surface area contributed by atoms with Gasteiger partial charge >= 0.3 is 0 Å². The molecule has 1 aliphatic carbocycles. The minimum absolute atomic E-state index is 0.208. The van der Waals surface area contributed by atoms with E-state index < -0.39 is 0 Å². The molecule has 1 fully saturated rings. The molecule has 1 saturated carbocycles. The Morgan fingerprint density at radius 3 is 2.39 bits per heavy atom. The highest BCUT2D eigenvalue weighted by atomic mass is 16.2. The number of unbranched alkanes of at least 4 members (excludes halogenated alkanes) is 1. The van der Waals surface area contributed by atoms with Crippen LogP contribution in [0.4, 0.5) is 0 Å². The molecule has 3 N–H and O–H groups in total. The maximum absolute atomic E-state index is 12.1. The van der Waals surface area contributed by atoms with Gasteiger partial charge in [0.15, 0.2) is 0 Å². The number of rotatable bonds is 6. The third-order valence-corrected chi connectivity index (χ3v) is 4.16. The monoisotopic (exact) mass is 254 g/mol. The molecule has 0 unspecified atom stereocenters. The molecule has 106 valence electrons. The average Bonchev–Trinajstić information content (AvgIpc) is 2.36. The molecule has 0 aromatic rings. The van der Waals surface area contributed by atoms with Crippen molar-refractivity contribution < 1.29 is 4.79 Å². The van der Waals surface area contributed by atoms with Crippen LogP contribution in [-0.2, 0) is 4.79 Å².